The lowest BCUT2D eigenvalue weighted by molar-refractivity contribution is -0.387. The van der Waals surface area contributed by atoms with Gasteiger partial charge in [-0.15, -0.1) is 0 Å². The maximum absolute atomic E-state index is 12.1. The molecule has 0 saturated carbocycles. The summed E-state index contributed by atoms with van der Waals surface area (Å²) in [5, 5.41) is 10.9. The largest absolute Gasteiger partial charge is 0.399 e. The number of hydrogen-bond donors (Lipinski definition) is 2. The summed E-state index contributed by atoms with van der Waals surface area (Å²) in [6, 6.07) is 3.50. The number of rotatable bonds is 6. The van der Waals surface area contributed by atoms with Crippen molar-refractivity contribution >= 4 is 21.4 Å². The Morgan fingerprint density at radius 2 is 2.24 bits per heavy atom. The number of nitrogens with zero attached hydrogens (tertiary/aromatic N) is 1. The average Bonchev–Trinajstić information content (AvgIpc) is 2.91. The molecule has 1 aliphatic heterocycles. The van der Waals surface area contributed by atoms with Gasteiger partial charge >= 0.3 is 0 Å². The Hall–Kier alpha value is -1.71. The summed E-state index contributed by atoms with van der Waals surface area (Å²) < 4.78 is 32.0. The lowest BCUT2D eigenvalue weighted by Gasteiger charge is -2.11. The molecule has 1 unspecified atom stereocenters. The van der Waals surface area contributed by atoms with Crippen LogP contribution in [-0.4, -0.2) is 32.6 Å². The molecule has 0 radical (unpaired) electrons. The number of benzene rings is 1. The lowest BCUT2D eigenvalue weighted by Crippen LogP contribution is -2.27. The zero-order valence-electron chi connectivity index (χ0n) is 11.3. The minimum Gasteiger partial charge on any atom is -0.399 e. The lowest BCUT2D eigenvalue weighted by atomic mass is 10.2. The van der Waals surface area contributed by atoms with Gasteiger partial charge in [0.25, 0.3) is 5.69 Å². The first-order valence-corrected chi connectivity index (χ1v) is 8.03. The maximum atomic E-state index is 12.1. The molecule has 21 heavy (non-hydrogen) atoms. The molecule has 1 saturated heterocycles. The minimum absolute atomic E-state index is 0.0501. The Labute approximate surface area is 122 Å². The number of hydrogen-bond acceptors (Lipinski definition) is 6. The van der Waals surface area contributed by atoms with Crippen LogP contribution in [-0.2, 0) is 14.8 Å². The van der Waals surface area contributed by atoms with Gasteiger partial charge < -0.3 is 10.5 Å². The Kier molecular flexibility index (Phi) is 4.76. The van der Waals surface area contributed by atoms with E-state index in [-0.39, 0.29) is 23.2 Å². The summed E-state index contributed by atoms with van der Waals surface area (Å²) in [6.45, 7) is 0.870. The summed E-state index contributed by atoms with van der Waals surface area (Å²) in [4.78, 5) is 9.80. The van der Waals surface area contributed by atoms with E-state index in [1.165, 1.54) is 6.07 Å². The average molecular weight is 315 g/mol. The van der Waals surface area contributed by atoms with Crippen LogP contribution < -0.4 is 10.5 Å². The number of anilines is 1. The van der Waals surface area contributed by atoms with E-state index in [1.807, 2.05) is 0 Å². The number of nitrogens with one attached hydrogen (secondary N) is 1. The molecule has 3 N–H and O–H groups in total. The van der Waals surface area contributed by atoms with Crippen molar-refractivity contribution in [2.75, 3.05) is 18.9 Å². The summed E-state index contributed by atoms with van der Waals surface area (Å²) >= 11 is 0. The van der Waals surface area contributed by atoms with Gasteiger partial charge in [0, 0.05) is 24.9 Å². The number of nitro groups is 1. The third-order valence-electron chi connectivity index (χ3n) is 3.25. The predicted octanol–water partition coefficient (Wildman–Crippen LogP) is 1.02. The highest BCUT2D eigenvalue weighted by atomic mass is 32.2. The Bertz CT molecular complexity index is 626. The highest BCUT2D eigenvalue weighted by Crippen LogP contribution is 2.26. The van der Waals surface area contributed by atoms with Crippen LogP contribution in [0.1, 0.15) is 19.3 Å². The molecular weight excluding hydrogens is 298 g/mol. The maximum Gasteiger partial charge on any atom is 0.291 e. The van der Waals surface area contributed by atoms with Crippen molar-refractivity contribution in [3.05, 3.63) is 28.3 Å². The van der Waals surface area contributed by atoms with E-state index in [0.717, 1.165) is 25.0 Å². The second-order valence-electron chi connectivity index (χ2n) is 4.81. The van der Waals surface area contributed by atoms with Gasteiger partial charge in [-0.25, -0.2) is 13.1 Å². The molecule has 0 spiro atoms. The van der Waals surface area contributed by atoms with E-state index in [9.17, 15) is 18.5 Å². The van der Waals surface area contributed by atoms with Crippen LogP contribution in [0.2, 0.25) is 0 Å². The first kappa shape index (κ1) is 15.7. The topological polar surface area (TPSA) is 125 Å². The van der Waals surface area contributed by atoms with Crippen molar-refractivity contribution in [1.82, 2.24) is 4.72 Å². The van der Waals surface area contributed by atoms with Crippen LogP contribution in [0.4, 0.5) is 11.4 Å². The number of ether oxygens (including phenoxy) is 1. The molecule has 1 aliphatic rings. The third-order valence-corrected chi connectivity index (χ3v) is 4.76. The molecule has 1 fully saturated rings. The smallest absolute Gasteiger partial charge is 0.291 e. The monoisotopic (exact) mass is 315 g/mol. The Morgan fingerprint density at radius 3 is 2.86 bits per heavy atom. The van der Waals surface area contributed by atoms with Crippen molar-refractivity contribution in [3.8, 4) is 0 Å². The molecule has 2 rings (SSSR count). The van der Waals surface area contributed by atoms with Crippen molar-refractivity contribution in [2.45, 2.75) is 30.3 Å². The summed E-state index contributed by atoms with van der Waals surface area (Å²) in [7, 11) is -3.95. The van der Waals surface area contributed by atoms with Crippen LogP contribution in [0.3, 0.4) is 0 Å². The van der Waals surface area contributed by atoms with Gasteiger partial charge in [0.05, 0.1) is 11.0 Å². The van der Waals surface area contributed by atoms with E-state index >= 15 is 0 Å². The molecule has 0 aliphatic carbocycles. The Balaban J connectivity index is 2.09. The van der Waals surface area contributed by atoms with Gasteiger partial charge in [-0.2, -0.15) is 0 Å². The van der Waals surface area contributed by atoms with Gasteiger partial charge in [0.1, 0.15) is 0 Å². The SMILES string of the molecule is Nc1ccc(S(=O)(=O)NCCC2CCCO2)c([N+](=O)[O-])c1. The first-order valence-electron chi connectivity index (χ1n) is 6.55. The quantitative estimate of drug-likeness (QED) is 0.459. The fraction of sp³-hybridized carbons (Fsp3) is 0.500. The van der Waals surface area contributed by atoms with Gasteiger partial charge in [-0.1, -0.05) is 0 Å². The molecule has 1 aromatic rings. The van der Waals surface area contributed by atoms with Crippen LogP contribution >= 0.6 is 0 Å². The molecule has 0 bridgehead atoms. The zero-order valence-corrected chi connectivity index (χ0v) is 12.1. The molecule has 1 heterocycles. The standard InChI is InChI=1S/C12H17N3O5S/c13-9-3-4-12(11(8-9)15(16)17)21(18,19)14-6-5-10-2-1-7-20-10/h3-4,8,10,14H,1-2,5-7,13H2. The van der Waals surface area contributed by atoms with Crippen molar-refractivity contribution < 1.29 is 18.1 Å². The number of sulfonamides is 1. The third kappa shape index (κ3) is 3.90. The molecule has 9 heteroatoms. The van der Waals surface area contributed by atoms with E-state index in [0.29, 0.717) is 13.0 Å². The summed E-state index contributed by atoms with van der Waals surface area (Å²) in [5.41, 5.74) is 5.07. The second kappa shape index (κ2) is 6.37. The highest BCUT2D eigenvalue weighted by molar-refractivity contribution is 7.89. The molecule has 1 atom stereocenters. The minimum atomic E-state index is -3.95. The highest BCUT2D eigenvalue weighted by Gasteiger charge is 2.26. The van der Waals surface area contributed by atoms with E-state index in [1.54, 1.807) is 0 Å². The molecule has 8 nitrogen and oxygen atoms in total. The molecular formula is C12H17N3O5S. The fourth-order valence-electron chi connectivity index (χ4n) is 2.21. The fourth-order valence-corrected chi connectivity index (χ4v) is 3.41. The summed E-state index contributed by atoms with van der Waals surface area (Å²) in [6.07, 6.45) is 2.47. The predicted molar refractivity (Wildman–Crippen MR) is 76.3 cm³/mol. The van der Waals surface area contributed by atoms with Crippen LogP contribution in [0.15, 0.2) is 23.1 Å². The first-order chi connectivity index (χ1) is 9.90. The van der Waals surface area contributed by atoms with Crippen molar-refractivity contribution in [1.29, 1.82) is 0 Å². The van der Waals surface area contributed by atoms with Crippen LogP contribution in [0.25, 0.3) is 0 Å². The number of nitro benzene ring substituents is 1. The normalized spacial score (nSPS) is 18.8. The molecule has 116 valence electrons. The number of nitrogen functional groups attached to an aromatic ring is 1. The van der Waals surface area contributed by atoms with Gasteiger partial charge in [0.2, 0.25) is 10.0 Å². The molecule has 1 aromatic carbocycles. The van der Waals surface area contributed by atoms with Crippen LogP contribution in [0, 0.1) is 10.1 Å². The van der Waals surface area contributed by atoms with E-state index in [4.69, 9.17) is 10.5 Å². The van der Waals surface area contributed by atoms with Crippen molar-refractivity contribution in [2.24, 2.45) is 0 Å². The van der Waals surface area contributed by atoms with Gasteiger partial charge in [-0.05, 0) is 31.4 Å². The van der Waals surface area contributed by atoms with Crippen LogP contribution in [0.5, 0.6) is 0 Å². The zero-order chi connectivity index (χ0) is 15.5. The van der Waals surface area contributed by atoms with Crippen molar-refractivity contribution in [3.63, 3.8) is 0 Å². The number of nitrogens with two attached hydrogens (primary N) is 1. The second-order valence-corrected chi connectivity index (χ2v) is 6.54. The summed E-state index contributed by atoms with van der Waals surface area (Å²) in [5.74, 6) is 0. The Morgan fingerprint density at radius 1 is 1.48 bits per heavy atom. The van der Waals surface area contributed by atoms with Gasteiger partial charge in [0.15, 0.2) is 4.90 Å². The molecule has 0 amide bonds. The van der Waals surface area contributed by atoms with E-state index in [2.05, 4.69) is 4.72 Å². The van der Waals surface area contributed by atoms with Gasteiger partial charge in [-0.3, -0.25) is 10.1 Å². The van der Waals surface area contributed by atoms with E-state index < -0.39 is 20.6 Å². The molecule has 0 aromatic heterocycles.